The highest BCUT2D eigenvalue weighted by Gasteiger charge is 2.33. The molecule has 1 aromatic heterocycles. The summed E-state index contributed by atoms with van der Waals surface area (Å²) in [5, 5.41) is 2.09. The fourth-order valence-corrected chi connectivity index (χ4v) is 4.51. The van der Waals surface area contributed by atoms with Crippen LogP contribution in [0.5, 0.6) is 0 Å². The van der Waals surface area contributed by atoms with E-state index in [4.69, 9.17) is 0 Å². The third-order valence-corrected chi connectivity index (χ3v) is 6.04. The number of fused-ring (bicyclic) bond motifs is 1. The lowest BCUT2D eigenvalue weighted by atomic mass is 9.92. The largest absolute Gasteiger partial charge is 0.378 e. The molecule has 2 heterocycles. The maximum absolute atomic E-state index is 13.3. The number of amides is 1. The third-order valence-electron chi connectivity index (χ3n) is 5.04. The Balaban J connectivity index is 1.74. The van der Waals surface area contributed by atoms with Crippen LogP contribution >= 0.6 is 11.3 Å². The monoisotopic (exact) mass is 380 g/mol. The number of nitrogens with zero attached hydrogens (tertiary/aromatic N) is 2. The zero-order valence-corrected chi connectivity index (χ0v) is 16.2. The van der Waals surface area contributed by atoms with Gasteiger partial charge >= 0.3 is 0 Å². The van der Waals surface area contributed by atoms with Gasteiger partial charge in [0, 0.05) is 36.8 Å². The molecule has 0 aliphatic carbocycles. The van der Waals surface area contributed by atoms with Gasteiger partial charge in [0.2, 0.25) is 0 Å². The molecule has 4 rings (SSSR count). The molecule has 5 heteroatoms. The summed E-state index contributed by atoms with van der Waals surface area (Å²) in [4.78, 5) is 18.5. The molecule has 2 aromatic carbocycles. The molecular formula is C22H21FN2OS. The number of benzene rings is 2. The van der Waals surface area contributed by atoms with E-state index < -0.39 is 0 Å². The minimum atomic E-state index is -0.332. The minimum absolute atomic E-state index is 0.0615. The average Bonchev–Trinajstić information content (AvgIpc) is 3.16. The minimum Gasteiger partial charge on any atom is -0.378 e. The van der Waals surface area contributed by atoms with Crippen molar-refractivity contribution in [3.63, 3.8) is 0 Å². The zero-order valence-electron chi connectivity index (χ0n) is 15.4. The van der Waals surface area contributed by atoms with Crippen LogP contribution in [0.1, 0.15) is 32.4 Å². The van der Waals surface area contributed by atoms with Gasteiger partial charge in [0.1, 0.15) is 5.82 Å². The van der Waals surface area contributed by atoms with E-state index in [0.717, 1.165) is 17.7 Å². The molecule has 0 saturated heterocycles. The molecule has 0 radical (unpaired) electrons. The lowest BCUT2D eigenvalue weighted by Gasteiger charge is -2.36. The summed E-state index contributed by atoms with van der Waals surface area (Å²) in [6.07, 6.45) is 0.853. The van der Waals surface area contributed by atoms with Crippen molar-refractivity contribution < 1.29 is 9.18 Å². The van der Waals surface area contributed by atoms with E-state index in [0.29, 0.717) is 12.1 Å². The predicted molar refractivity (Wildman–Crippen MR) is 108 cm³/mol. The van der Waals surface area contributed by atoms with Gasteiger partial charge in [-0.3, -0.25) is 4.79 Å². The smallest absolute Gasteiger partial charge is 0.254 e. The van der Waals surface area contributed by atoms with Crippen molar-refractivity contribution >= 4 is 22.9 Å². The normalized spacial score (nSPS) is 16.1. The first-order valence-electron chi connectivity index (χ1n) is 8.94. The Labute approximate surface area is 162 Å². The SMILES string of the molecule is CN(C)c1ccc(C2c3ccsc3CCN2C(=O)c2ccc(F)cc2)cc1. The number of carbonyl (C=O) groups is 1. The number of carbonyl (C=O) groups excluding carboxylic acids is 1. The zero-order chi connectivity index (χ0) is 19.0. The Morgan fingerprint density at radius 3 is 2.44 bits per heavy atom. The fourth-order valence-electron chi connectivity index (χ4n) is 3.61. The van der Waals surface area contributed by atoms with E-state index in [9.17, 15) is 9.18 Å². The van der Waals surface area contributed by atoms with Crippen LogP contribution in [0, 0.1) is 5.82 Å². The van der Waals surface area contributed by atoms with E-state index in [1.54, 1.807) is 23.5 Å². The van der Waals surface area contributed by atoms with Crippen LogP contribution < -0.4 is 4.90 Å². The molecule has 27 heavy (non-hydrogen) atoms. The van der Waals surface area contributed by atoms with Gasteiger partial charge in [0.25, 0.3) is 5.91 Å². The lowest BCUT2D eigenvalue weighted by Crippen LogP contribution is -2.40. The summed E-state index contributed by atoms with van der Waals surface area (Å²) in [5.74, 6) is -0.394. The summed E-state index contributed by atoms with van der Waals surface area (Å²) in [6, 6.07) is 16.2. The van der Waals surface area contributed by atoms with Crippen LogP contribution in [0.2, 0.25) is 0 Å². The summed E-state index contributed by atoms with van der Waals surface area (Å²) in [7, 11) is 4.02. The van der Waals surface area contributed by atoms with Crippen molar-refractivity contribution in [2.45, 2.75) is 12.5 Å². The molecule has 1 unspecified atom stereocenters. The standard InChI is InChI=1S/C22H21FN2OS/c1-24(2)18-9-5-15(6-10-18)21-19-12-14-27-20(19)11-13-25(21)22(26)16-3-7-17(23)8-4-16/h3-10,12,14,21H,11,13H2,1-2H3. The Morgan fingerprint density at radius 1 is 1.07 bits per heavy atom. The van der Waals surface area contributed by atoms with Crippen LogP contribution in [0.3, 0.4) is 0 Å². The second-order valence-electron chi connectivity index (χ2n) is 6.94. The maximum Gasteiger partial charge on any atom is 0.254 e. The Morgan fingerprint density at radius 2 is 1.78 bits per heavy atom. The quantitative estimate of drug-likeness (QED) is 0.655. The molecule has 0 spiro atoms. The number of hydrogen-bond donors (Lipinski definition) is 0. The topological polar surface area (TPSA) is 23.6 Å². The lowest BCUT2D eigenvalue weighted by molar-refractivity contribution is 0.0696. The van der Waals surface area contributed by atoms with E-state index in [1.807, 2.05) is 19.0 Å². The molecule has 138 valence electrons. The summed E-state index contributed by atoms with van der Waals surface area (Å²) in [5.41, 5.74) is 3.93. The van der Waals surface area contributed by atoms with Gasteiger partial charge in [-0.15, -0.1) is 11.3 Å². The van der Waals surface area contributed by atoms with Crippen LogP contribution in [0.4, 0.5) is 10.1 Å². The highest BCUT2D eigenvalue weighted by Crippen LogP contribution is 2.38. The van der Waals surface area contributed by atoms with Gasteiger partial charge in [0.05, 0.1) is 6.04 Å². The van der Waals surface area contributed by atoms with Crippen molar-refractivity contribution in [3.05, 3.63) is 87.4 Å². The van der Waals surface area contributed by atoms with Gasteiger partial charge < -0.3 is 9.80 Å². The number of halogens is 1. The molecular weight excluding hydrogens is 359 g/mol. The number of thiophene rings is 1. The van der Waals surface area contributed by atoms with Crippen molar-refractivity contribution in [2.24, 2.45) is 0 Å². The van der Waals surface area contributed by atoms with Gasteiger partial charge in [-0.25, -0.2) is 4.39 Å². The maximum atomic E-state index is 13.3. The second-order valence-corrected chi connectivity index (χ2v) is 7.94. The Bertz CT molecular complexity index is 947. The molecule has 1 atom stereocenters. The van der Waals surface area contributed by atoms with E-state index >= 15 is 0 Å². The first-order chi connectivity index (χ1) is 13.0. The Kier molecular flexibility index (Phi) is 4.70. The van der Waals surface area contributed by atoms with Crippen LogP contribution in [0.25, 0.3) is 0 Å². The predicted octanol–water partition coefficient (Wildman–Crippen LogP) is 4.74. The van der Waals surface area contributed by atoms with Crippen LogP contribution in [-0.4, -0.2) is 31.4 Å². The van der Waals surface area contributed by atoms with Crippen LogP contribution in [0.15, 0.2) is 60.0 Å². The average molecular weight is 380 g/mol. The molecule has 0 fully saturated rings. The van der Waals surface area contributed by atoms with Crippen molar-refractivity contribution in [3.8, 4) is 0 Å². The number of anilines is 1. The van der Waals surface area contributed by atoms with Gasteiger partial charge in [0.15, 0.2) is 0 Å². The first kappa shape index (κ1) is 17.7. The molecule has 0 N–H and O–H groups in total. The van der Waals surface area contributed by atoms with E-state index in [2.05, 4.69) is 40.6 Å². The molecule has 1 amide bonds. The highest BCUT2D eigenvalue weighted by molar-refractivity contribution is 7.10. The molecule has 1 aliphatic heterocycles. The first-order valence-corrected chi connectivity index (χ1v) is 9.82. The van der Waals surface area contributed by atoms with E-state index in [-0.39, 0.29) is 17.8 Å². The van der Waals surface area contributed by atoms with Crippen molar-refractivity contribution in [1.82, 2.24) is 4.90 Å². The number of hydrogen-bond acceptors (Lipinski definition) is 3. The van der Waals surface area contributed by atoms with Crippen molar-refractivity contribution in [1.29, 1.82) is 0 Å². The summed E-state index contributed by atoms with van der Waals surface area (Å²) in [6.45, 7) is 0.657. The highest BCUT2D eigenvalue weighted by atomic mass is 32.1. The molecule has 3 nitrogen and oxygen atoms in total. The number of rotatable bonds is 3. The fraction of sp³-hybridized carbons (Fsp3) is 0.227. The van der Waals surface area contributed by atoms with Gasteiger partial charge in [-0.05, 0) is 65.4 Å². The molecule has 3 aromatic rings. The van der Waals surface area contributed by atoms with Crippen molar-refractivity contribution in [2.75, 3.05) is 25.5 Å². The van der Waals surface area contributed by atoms with E-state index in [1.165, 1.54) is 22.6 Å². The molecule has 0 bridgehead atoms. The molecule has 0 saturated carbocycles. The second kappa shape index (κ2) is 7.16. The van der Waals surface area contributed by atoms with Gasteiger partial charge in [-0.1, -0.05) is 12.1 Å². The van der Waals surface area contributed by atoms with Crippen LogP contribution in [-0.2, 0) is 6.42 Å². The Hall–Kier alpha value is -2.66. The summed E-state index contributed by atoms with van der Waals surface area (Å²) < 4.78 is 13.3. The third kappa shape index (κ3) is 3.35. The van der Waals surface area contributed by atoms with Gasteiger partial charge in [-0.2, -0.15) is 0 Å². The molecule has 1 aliphatic rings. The summed E-state index contributed by atoms with van der Waals surface area (Å²) >= 11 is 1.75.